The number of carboxylic acid groups (broad SMARTS) is 1. The van der Waals surface area contributed by atoms with Crippen molar-refractivity contribution in [3.05, 3.63) is 23.8 Å². The number of hydrogen-bond donors (Lipinski definition) is 2. The summed E-state index contributed by atoms with van der Waals surface area (Å²) in [4.78, 5) is 10.6. The number of ether oxygens (including phenoxy) is 2. The van der Waals surface area contributed by atoms with Crippen LogP contribution in [0.5, 0.6) is 11.5 Å². The van der Waals surface area contributed by atoms with E-state index >= 15 is 0 Å². The molecule has 1 aliphatic heterocycles. The number of carbonyl (C=O) groups is 1. The molecule has 15 heavy (non-hydrogen) atoms. The van der Waals surface area contributed by atoms with E-state index < -0.39 is 12.0 Å². The fraction of sp³-hybridized carbons (Fsp3) is 0.300. The molecule has 1 aromatic carbocycles. The van der Waals surface area contributed by atoms with Crippen LogP contribution < -0.4 is 15.2 Å². The first-order valence-electron chi connectivity index (χ1n) is 4.54. The van der Waals surface area contributed by atoms with E-state index in [0.29, 0.717) is 11.5 Å². The molecule has 2 rings (SSSR count). The topological polar surface area (TPSA) is 81.8 Å². The van der Waals surface area contributed by atoms with Gasteiger partial charge in [0, 0.05) is 12.0 Å². The van der Waals surface area contributed by atoms with Crippen LogP contribution in [0.4, 0.5) is 0 Å². The molecule has 0 saturated carbocycles. The predicted octanol–water partition coefficient (Wildman–Crippen LogP) is 0.370. The van der Waals surface area contributed by atoms with E-state index in [4.69, 9.17) is 20.3 Å². The number of rotatable bonds is 3. The highest BCUT2D eigenvalue weighted by Crippen LogP contribution is 2.35. The molecule has 0 saturated heterocycles. The number of carboxylic acids is 1. The lowest BCUT2D eigenvalue weighted by Gasteiger charge is -2.08. The van der Waals surface area contributed by atoms with Crippen LogP contribution in [-0.4, -0.2) is 23.9 Å². The third-order valence-corrected chi connectivity index (χ3v) is 2.24. The van der Waals surface area contributed by atoms with Gasteiger partial charge in [0.2, 0.25) is 6.79 Å². The molecule has 1 heterocycles. The maximum atomic E-state index is 10.6. The monoisotopic (exact) mass is 209 g/mol. The maximum Gasteiger partial charge on any atom is 0.320 e. The molecule has 0 bridgehead atoms. The van der Waals surface area contributed by atoms with E-state index in [1.54, 1.807) is 18.2 Å². The van der Waals surface area contributed by atoms with Gasteiger partial charge in [0.25, 0.3) is 0 Å². The molecular weight excluding hydrogens is 198 g/mol. The Bertz CT molecular complexity index is 391. The van der Waals surface area contributed by atoms with E-state index in [9.17, 15) is 4.79 Å². The Morgan fingerprint density at radius 3 is 3.07 bits per heavy atom. The molecule has 80 valence electrons. The Hall–Kier alpha value is -1.75. The van der Waals surface area contributed by atoms with Crippen LogP contribution in [0.25, 0.3) is 0 Å². The summed E-state index contributed by atoms with van der Waals surface area (Å²) in [6.07, 6.45) is 0.238. The lowest BCUT2D eigenvalue weighted by Crippen LogP contribution is -2.32. The van der Waals surface area contributed by atoms with Gasteiger partial charge in [-0.3, -0.25) is 4.79 Å². The molecule has 0 radical (unpaired) electrons. The summed E-state index contributed by atoms with van der Waals surface area (Å²) in [6.45, 7) is 0.175. The van der Waals surface area contributed by atoms with Gasteiger partial charge in [-0.1, -0.05) is 12.1 Å². The molecule has 1 atom stereocenters. The smallest absolute Gasteiger partial charge is 0.320 e. The van der Waals surface area contributed by atoms with E-state index in [-0.39, 0.29) is 13.2 Å². The van der Waals surface area contributed by atoms with Crippen molar-refractivity contribution >= 4 is 5.97 Å². The van der Waals surface area contributed by atoms with Gasteiger partial charge in [-0.2, -0.15) is 0 Å². The van der Waals surface area contributed by atoms with Crippen LogP contribution in [0.15, 0.2) is 18.2 Å². The lowest BCUT2D eigenvalue weighted by atomic mass is 10.1. The highest BCUT2D eigenvalue weighted by atomic mass is 16.7. The van der Waals surface area contributed by atoms with Crippen molar-refractivity contribution < 1.29 is 19.4 Å². The van der Waals surface area contributed by atoms with E-state index in [1.165, 1.54) is 0 Å². The summed E-state index contributed by atoms with van der Waals surface area (Å²) in [5.41, 5.74) is 6.21. The summed E-state index contributed by atoms with van der Waals surface area (Å²) < 4.78 is 10.4. The summed E-state index contributed by atoms with van der Waals surface area (Å²) >= 11 is 0. The Kier molecular flexibility index (Phi) is 2.47. The van der Waals surface area contributed by atoms with Crippen molar-refractivity contribution in [1.82, 2.24) is 0 Å². The molecule has 5 nitrogen and oxygen atoms in total. The van der Waals surface area contributed by atoms with Crippen LogP contribution in [0.2, 0.25) is 0 Å². The number of fused-ring (bicyclic) bond motifs is 1. The average Bonchev–Trinajstić information content (AvgIpc) is 2.66. The molecule has 0 spiro atoms. The zero-order chi connectivity index (χ0) is 10.8. The van der Waals surface area contributed by atoms with Gasteiger partial charge in [-0.25, -0.2) is 0 Å². The minimum Gasteiger partial charge on any atom is -0.480 e. The van der Waals surface area contributed by atoms with Crippen molar-refractivity contribution in [2.24, 2.45) is 5.73 Å². The second kappa shape index (κ2) is 3.78. The first kappa shape index (κ1) is 9.79. The van der Waals surface area contributed by atoms with Crippen LogP contribution in [0, 0.1) is 0 Å². The molecule has 0 aliphatic carbocycles. The summed E-state index contributed by atoms with van der Waals surface area (Å²) in [6, 6.07) is 4.44. The van der Waals surface area contributed by atoms with Gasteiger partial charge in [0.05, 0.1) is 0 Å². The van der Waals surface area contributed by atoms with Gasteiger partial charge in [0.1, 0.15) is 6.04 Å². The normalized spacial score (nSPS) is 15.0. The molecule has 5 heteroatoms. The van der Waals surface area contributed by atoms with Gasteiger partial charge >= 0.3 is 5.97 Å². The van der Waals surface area contributed by atoms with Gasteiger partial charge < -0.3 is 20.3 Å². The molecule has 0 unspecified atom stereocenters. The minimum atomic E-state index is -1.02. The molecule has 0 fully saturated rings. The Balaban J connectivity index is 2.22. The molecule has 1 aromatic rings. The largest absolute Gasteiger partial charge is 0.480 e. The fourth-order valence-corrected chi connectivity index (χ4v) is 1.48. The van der Waals surface area contributed by atoms with Crippen LogP contribution in [0.3, 0.4) is 0 Å². The van der Waals surface area contributed by atoms with Crippen molar-refractivity contribution in [3.8, 4) is 11.5 Å². The van der Waals surface area contributed by atoms with Crippen LogP contribution >= 0.6 is 0 Å². The SMILES string of the molecule is N[C@@H](Cc1cccc2c1OCO2)C(=O)O. The number of benzene rings is 1. The fourth-order valence-electron chi connectivity index (χ4n) is 1.48. The predicted molar refractivity (Wildman–Crippen MR) is 51.9 cm³/mol. The van der Waals surface area contributed by atoms with Gasteiger partial charge in [-0.15, -0.1) is 0 Å². The molecule has 0 amide bonds. The van der Waals surface area contributed by atoms with Gasteiger partial charge in [0.15, 0.2) is 11.5 Å². The first-order chi connectivity index (χ1) is 7.18. The van der Waals surface area contributed by atoms with E-state index in [0.717, 1.165) is 5.56 Å². The minimum absolute atomic E-state index is 0.175. The number of nitrogens with two attached hydrogens (primary N) is 1. The van der Waals surface area contributed by atoms with Crippen molar-refractivity contribution in [2.45, 2.75) is 12.5 Å². The van der Waals surface area contributed by atoms with Crippen molar-refractivity contribution in [3.63, 3.8) is 0 Å². The highest BCUT2D eigenvalue weighted by molar-refractivity contribution is 5.73. The first-order valence-corrected chi connectivity index (χ1v) is 4.54. The molecule has 3 N–H and O–H groups in total. The Morgan fingerprint density at radius 1 is 1.53 bits per heavy atom. The number of hydrogen-bond acceptors (Lipinski definition) is 4. The standard InChI is InChI=1S/C10H11NO4/c11-7(10(12)13)4-6-2-1-3-8-9(6)15-5-14-8/h1-3,7H,4-5,11H2,(H,12,13)/t7-/m0/s1. The molecule has 0 aromatic heterocycles. The second-order valence-electron chi connectivity index (χ2n) is 3.30. The third kappa shape index (κ3) is 1.87. The quantitative estimate of drug-likeness (QED) is 0.751. The summed E-state index contributed by atoms with van der Waals surface area (Å²) in [7, 11) is 0. The van der Waals surface area contributed by atoms with Crippen molar-refractivity contribution in [1.29, 1.82) is 0 Å². The zero-order valence-corrected chi connectivity index (χ0v) is 7.97. The summed E-state index contributed by atoms with van der Waals surface area (Å²) in [5, 5.41) is 8.69. The van der Waals surface area contributed by atoms with Crippen LogP contribution in [-0.2, 0) is 11.2 Å². The lowest BCUT2D eigenvalue weighted by molar-refractivity contribution is -0.138. The Morgan fingerprint density at radius 2 is 2.33 bits per heavy atom. The molecule has 1 aliphatic rings. The zero-order valence-electron chi connectivity index (χ0n) is 7.97. The Labute approximate surface area is 86.4 Å². The second-order valence-corrected chi connectivity index (χ2v) is 3.30. The highest BCUT2D eigenvalue weighted by Gasteiger charge is 2.20. The number of para-hydroxylation sites is 1. The van der Waals surface area contributed by atoms with E-state index in [1.807, 2.05) is 0 Å². The maximum absolute atomic E-state index is 10.6. The van der Waals surface area contributed by atoms with E-state index in [2.05, 4.69) is 0 Å². The van der Waals surface area contributed by atoms with Gasteiger partial charge in [-0.05, 0) is 6.07 Å². The van der Waals surface area contributed by atoms with Crippen molar-refractivity contribution in [2.75, 3.05) is 6.79 Å². The third-order valence-electron chi connectivity index (χ3n) is 2.24. The average molecular weight is 209 g/mol. The van der Waals surface area contributed by atoms with Crippen LogP contribution in [0.1, 0.15) is 5.56 Å². The summed E-state index contributed by atoms with van der Waals surface area (Å²) in [5.74, 6) is 0.228. The molecular formula is C10H11NO4. The number of aliphatic carboxylic acids is 1.